The van der Waals surface area contributed by atoms with Gasteiger partial charge in [0.05, 0.1) is 23.8 Å². The van der Waals surface area contributed by atoms with Crippen LogP contribution in [0.25, 0.3) is 0 Å². The highest BCUT2D eigenvalue weighted by Gasteiger charge is 2.05. The fourth-order valence-electron chi connectivity index (χ4n) is 1.29. The van der Waals surface area contributed by atoms with Crippen LogP contribution in [0.5, 0.6) is 0 Å². The van der Waals surface area contributed by atoms with E-state index in [9.17, 15) is 4.79 Å². The maximum absolute atomic E-state index is 11.6. The van der Waals surface area contributed by atoms with Crippen LogP contribution < -0.4 is 11.1 Å². The molecule has 1 amide bonds. The Morgan fingerprint density at radius 3 is 3.06 bits per heavy atom. The van der Waals surface area contributed by atoms with Gasteiger partial charge < -0.3 is 11.1 Å². The Bertz CT molecular complexity index is 495. The van der Waals surface area contributed by atoms with Crippen LogP contribution in [-0.4, -0.2) is 25.9 Å². The third-order valence-corrected chi connectivity index (χ3v) is 2.05. The number of hydrogen-bond donors (Lipinski definition) is 2. The molecule has 0 fully saturated rings. The molecule has 0 aliphatic carbocycles. The molecule has 0 aliphatic heterocycles. The first-order chi connectivity index (χ1) is 8.28. The molecule has 3 N–H and O–H groups in total. The molecule has 7 heteroatoms. The second-order valence-electron chi connectivity index (χ2n) is 3.40. The Kier molecular flexibility index (Phi) is 3.41. The first-order valence-corrected chi connectivity index (χ1v) is 5.07. The van der Waals surface area contributed by atoms with Gasteiger partial charge in [0, 0.05) is 12.7 Å². The zero-order chi connectivity index (χ0) is 12.1. The van der Waals surface area contributed by atoms with E-state index in [1.807, 2.05) is 0 Å². The van der Waals surface area contributed by atoms with Gasteiger partial charge in [-0.2, -0.15) is 0 Å². The summed E-state index contributed by atoms with van der Waals surface area (Å²) in [6.07, 6.45) is 4.86. The summed E-state index contributed by atoms with van der Waals surface area (Å²) in [7, 11) is 0. The van der Waals surface area contributed by atoms with E-state index >= 15 is 0 Å². The number of rotatable bonds is 4. The van der Waals surface area contributed by atoms with E-state index in [0.29, 0.717) is 17.9 Å². The molecule has 0 saturated carbocycles. The van der Waals surface area contributed by atoms with E-state index in [4.69, 9.17) is 5.73 Å². The van der Waals surface area contributed by atoms with Crippen LogP contribution in [0.2, 0.25) is 0 Å². The predicted molar refractivity (Wildman–Crippen MR) is 60.8 cm³/mol. The lowest BCUT2D eigenvalue weighted by Gasteiger charge is -2.03. The number of anilines is 1. The average molecular weight is 232 g/mol. The second-order valence-corrected chi connectivity index (χ2v) is 3.40. The molecule has 0 bridgehead atoms. The molecule has 2 heterocycles. The zero-order valence-corrected chi connectivity index (χ0v) is 9.08. The summed E-state index contributed by atoms with van der Waals surface area (Å²) >= 11 is 0. The summed E-state index contributed by atoms with van der Waals surface area (Å²) in [5, 5.41) is 10.3. The molecule has 2 rings (SSSR count). The largest absolute Gasteiger partial charge is 0.325 e. The van der Waals surface area contributed by atoms with E-state index in [0.717, 1.165) is 0 Å². The van der Waals surface area contributed by atoms with Crippen molar-refractivity contribution in [1.82, 2.24) is 20.0 Å². The van der Waals surface area contributed by atoms with Gasteiger partial charge in [-0.1, -0.05) is 5.21 Å². The van der Waals surface area contributed by atoms with Crippen molar-refractivity contribution in [1.29, 1.82) is 0 Å². The zero-order valence-electron chi connectivity index (χ0n) is 9.08. The highest BCUT2D eigenvalue weighted by atomic mass is 16.2. The van der Waals surface area contributed by atoms with Crippen molar-refractivity contribution in [3.63, 3.8) is 0 Å². The standard InChI is InChI=1S/C10H12N6O/c11-4-9-6-16(15-14-9)7-10(17)13-8-2-1-3-12-5-8/h1-3,5-6H,4,7,11H2,(H,13,17). The number of carbonyl (C=O) groups excluding carboxylic acids is 1. The summed E-state index contributed by atoms with van der Waals surface area (Å²) in [6.45, 7) is 0.409. The van der Waals surface area contributed by atoms with Crippen LogP contribution in [0.15, 0.2) is 30.7 Å². The molecule has 0 aliphatic rings. The smallest absolute Gasteiger partial charge is 0.246 e. The Balaban J connectivity index is 1.93. The van der Waals surface area contributed by atoms with Crippen LogP contribution in [0.1, 0.15) is 5.69 Å². The molecule has 0 atom stereocenters. The molecular formula is C10H12N6O. The molecule has 0 unspecified atom stereocenters. The quantitative estimate of drug-likeness (QED) is 0.758. The molecule has 0 saturated heterocycles. The number of nitrogens with two attached hydrogens (primary N) is 1. The van der Waals surface area contributed by atoms with Crippen LogP contribution in [-0.2, 0) is 17.9 Å². The Morgan fingerprint density at radius 2 is 2.41 bits per heavy atom. The molecule has 0 aromatic carbocycles. The normalized spacial score (nSPS) is 10.2. The second kappa shape index (κ2) is 5.17. The van der Waals surface area contributed by atoms with Crippen molar-refractivity contribution in [3.8, 4) is 0 Å². The minimum absolute atomic E-state index is 0.0991. The van der Waals surface area contributed by atoms with Gasteiger partial charge in [0.25, 0.3) is 0 Å². The maximum atomic E-state index is 11.6. The van der Waals surface area contributed by atoms with Gasteiger partial charge in [-0.15, -0.1) is 5.10 Å². The molecule has 88 valence electrons. The minimum atomic E-state index is -0.188. The van der Waals surface area contributed by atoms with Gasteiger partial charge in [0.2, 0.25) is 5.91 Å². The summed E-state index contributed by atoms with van der Waals surface area (Å²) in [5.41, 5.74) is 6.69. The van der Waals surface area contributed by atoms with E-state index < -0.39 is 0 Å². The van der Waals surface area contributed by atoms with Crippen molar-refractivity contribution >= 4 is 11.6 Å². The third kappa shape index (κ3) is 3.08. The molecule has 0 radical (unpaired) electrons. The number of nitrogens with zero attached hydrogens (tertiary/aromatic N) is 4. The fourth-order valence-corrected chi connectivity index (χ4v) is 1.29. The number of nitrogens with one attached hydrogen (secondary N) is 1. The SMILES string of the molecule is NCc1cn(CC(=O)Nc2cccnc2)nn1. The maximum Gasteiger partial charge on any atom is 0.246 e. The molecule has 2 aromatic heterocycles. The lowest BCUT2D eigenvalue weighted by Crippen LogP contribution is -2.19. The molecule has 2 aromatic rings. The third-order valence-electron chi connectivity index (χ3n) is 2.05. The molecule has 0 spiro atoms. The average Bonchev–Trinajstić information content (AvgIpc) is 2.78. The first-order valence-electron chi connectivity index (χ1n) is 5.07. The van der Waals surface area contributed by atoms with E-state index in [1.165, 1.54) is 4.68 Å². The van der Waals surface area contributed by atoms with E-state index in [1.54, 1.807) is 30.7 Å². The summed E-state index contributed by atoms with van der Waals surface area (Å²) in [6, 6.07) is 3.51. The van der Waals surface area contributed by atoms with Gasteiger partial charge in [0.15, 0.2) is 0 Å². The Morgan fingerprint density at radius 1 is 1.53 bits per heavy atom. The number of hydrogen-bond acceptors (Lipinski definition) is 5. The minimum Gasteiger partial charge on any atom is -0.325 e. The summed E-state index contributed by atoms with van der Waals surface area (Å²) in [4.78, 5) is 15.5. The highest BCUT2D eigenvalue weighted by Crippen LogP contribution is 2.02. The van der Waals surface area contributed by atoms with E-state index in [-0.39, 0.29) is 12.5 Å². The van der Waals surface area contributed by atoms with Crippen molar-refractivity contribution in [3.05, 3.63) is 36.4 Å². The Hall–Kier alpha value is -2.28. The van der Waals surface area contributed by atoms with Crippen molar-refractivity contribution < 1.29 is 4.79 Å². The lowest BCUT2D eigenvalue weighted by molar-refractivity contribution is -0.116. The van der Waals surface area contributed by atoms with Gasteiger partial charge >= 0.3 is 0 Å². The topological polar surface area (TPSA) is 98.7 Å². The first kappa shape index (κ1) is 11.2. The predicted octanol–water partition coefficient (Wildman–Crippen LogP) is -0.230. The molecule has 7 nitrogen and oxygen atoms in total. The van der Waals surface area contributed by atoms with Crippen molar-refractivity contribution in [2.75, 3.05) is 5.32 Å². The molecular weight excluding hydrogens is 220 g/mol. The van der Waals surface area contributed by atoms with Crippen LogP contribution in [0.3, 0.4) is 0 Å². The monoisotopic (exact) mass is 232 g/mol. The summed E-state index contributed by atoms with van der Waals surface area (Å²) in [5.74, 6) is -0.188. The van der Waals surface area contributed by atoms with Crippen molar-refractivity contribution in [2.45, 2.75) is 13.1 Å². The van der Waals surface area contributed by atoms with Crippen molar-refractivity contribution in [2.24, 2.45) is 5.73 Å². The van der Waals surface area contributed by atoms with Gasteiger partial charge in [-0.05, 0) is 12.1 Å². The van der Waals surface area contributed by atoms with Gasteiger partial charge in [-0.3, -0.25) is 9.78 Å². The van der Waals surface area contributed by atoms with Gasteiger partial charge in [-0.25, -0.2) is 4.68 Å². The number of amides is 1. The van der Waals surface area contributed by atoms with Crippen LogP contribution >= 0.6 is 0 Å². The molecule has 17 heavy (non-hydrogen) atoms. The number of aromatic nitrogens is 4. The van der Waals surface area contributed by atoms with Crippen LogP contribution in [0.4, 0.5) is 5.69 Å². The van der Waals surface area contributed by atoms with E-state index in [2.05, 4.69) is 20.6 Å². The number of pyridine rings is 1. The highest BCUT2D eigenvalue weighted by molar-refractivity contribution is 5.90. The lowest BCUT2D eigenvalue weighted by atomic mass is 10.4. The Labute approximate surface area is 97.6 Å². The van der Waals surface area contributed by atoms with Gasteiger partial charge in [0.1, 0.15) is 6.54 Å². The summed E-state index contributed by atoms with van der Waals surface area (Å²) < 4.78 is 1.44. The fraction of sp³-hybridized carbons (Fsp3) is 0.200. The van der Waals surface area contributed by atoms with Crippen LogP contribution in [0, 0.1) is 0 Å². The number of carbonyl (C=O) groups is 1.